The van der Waals surface area contributed by atoms with Gasteiger partial charge < -0.3 is 19.6 Å². The number of ether oxygens (including phenoxy) is 2. The Hall–Kier alpha value is -4.03. The number of hydrogen-bond donors (Lipinski definition) is 2. The van der Waals surface area contributed by atoms with Gasteiger partial charge in [-0.25, -0.2) is 0 Å². The number of H-pyrrole nitrogens is 1. The van der Waals surface area contributed by atoms with Crippen LogP contribution in [0, 0.1) is 0 Å². The number of benzene rings is 3. The second-order valence-corrected chi connectivity index (χ2v) is 8.42. The number of fused-ring (bicyclic) bond motifs is 1. The summed E-state index contributed by atoms with van der Waals surface area (Å²) in [6.45, 7) is 0. The van der Waals surface area contributed by atoms with E-state index < -0.39 is 0 Å². The third kappa shape index (κ3) is 3.64. The van der Waals surface area contributed by atoms with E-state index in [1.807, 2.05) is 78.2 Å². The van der Waals surface area contributed by atoms with Crippen LogP contribution in [0.5, 0.6) is 17.2 Å². The first-order chi connectivity index (χ1) is 16.1. The molecule has 3 aromatic carbocycles. The molecule has 2 N–H and O–H groups in total. The first-order valence-electron chi connectivity index (χ1n) is 10.4. The van der Waals surface area contributed by atoms with Crippen LogP contribution in [0.25, 0.3) is 43.6 Å². The molecule has 164 valence electrons. The Kier molecular flexibility index (Phi) is 5.36. The molecule has 33 heavy (non-hydrogen) atoms. The zero-order chi connectivity index (χ0) is 22.9. The maximum absolute atomic E-state index is 12.7. The lowest BCUT2D eigenvalue weighted by molar-refractivity contribution is 0.395. The second kappa shape index (κ2) is 8.48. The van der Waals surface area contributed by atoms with E-state index in [1.54, 1.807) is 14.2 Å². The van der Waals surface area contributed by atoms with E-state index in [2.05, 4.69) is 4.98 Å². The van der Waals surface area contributed by atoms with Gasteiger partial charge in [-0.2, -0.15) is 0 Å². The smallest absolute Gasteiger partial charge is 0.260 e. The fourth-order valence-electron chi connectivity index (χ4n) is 4.03. The summed E-state index contributed by atoms with van der Waals surface area (Å²) in [5, 5.41) is 13.7. The Morgan fingerprint density at radius 3 is 2.18 bits per heavy atom. The van der Waals surface area contributed by atoms with E-state index in [0.717, 1.165) is 33.8 Å². The molecule has 0 aliphatic rings. The normalized spacial score (nSPS) is 11.0. The van der Waals surface area contributed by atoms with Crippen molar-refractivity contribution >= 4 is 21.6 Å². The van der Waals surface area contributed by atoms with Crippen LogP contribution in [-0.4, -0.2) is 24.3 Å². The summed E-state index contributed by atoms with van der Waals surface area (Å²) in [6, 6.07) is 23.0. The van der Waals surface area contributed by atoms with Crippen molar-refractivity contribution < 1.29 is 14.6 Å². The first-order valence-corrected chi connectivity index (χ1v) is 11.2. The van der Waals surface area contributed by atoms with Crippen LogP contribution in [-0.2, 0) is 0 Å². The lowest BCUT2D eigenvalue weighted by Gasteiger charge is -2.11. The molecule has 0 spiro atoms. The Balaban J connectivity index is 1.60. The van der Waals surface area contributed by atoms with Crippen molar-refractivity contribution in [2.24, 2.45) is 0 Å². The number of pyridine rings is 1. The lowest BCUT2D eigenvalue weighted by Crippen LogP contribution is -2.08. The summed E-state index contributed by atoms with van der Waals surface area (Å²) in [5.41, 5.74) is 4.42. The first kappa shape index (κ1) is 20.8. The van der Waals surface area contributed by atoms with E-state index in [-0.39, 0.29) is 16.9 Å². The predicted octanol–water partition coefficient (Wildman–Crippen LogP) is 6.31. The highest BCUT2D eigenvalue weighted by atomic mass is 32.1. The summed E-state index contributed by atoms with van der Waals surface area (Å²) < 4.78 is 10.8. The highest BCUT2D eigenvalue weighted by Crippen LogP contribution is 2.42. The van der Waals surface area contributed by atoms with Crippen LogP contribution in [0.3, 0.4) is 0 Å². The summed E-state index contributed by atoms with van der Waals surface area (Å²) >= 11 is 1.40. The van der Waals surface area contributed by atoms with Crippen LogP contribution >= 0.6 is 11.3 Å². The summed E-state index contributed by atoms with van der Waals surface area (Å²) in [7, 11) is 3.26. The molecule has 5 aromatic rings. The molecule has 0 saturated heterocycles. The molecular weight excluding hydrogens is 434 g/mol. The molecule has 0 unspecified atom stereocenters. The zero-order valence-electron chi connectivity index (χ0n) is 18.1. The maximum atomic E-state index is 12.7. The largest absolute Gasteiger partial charge is 0.506 e. The molecule has 0 fully saturated rings. The minimum Gasteiger partial charge on any atom is -0.506 e. The fourth-order valence-corrected chi connectivity index (χ4v) is 5.00. The molecule has 5 nitrogen and oxygen atoms in total. The Labute approximate surface area is 194 Å². The number of aromatic hydroxyl groups is 1. The van der Waals surface area contributed by atoms with Crippen molar-refractivity contribution in [2.75, 3.05) is 14.2 Å². The molecule has 0 amide bonds. The third-order valence-electron chi connectivity index (χ3n) is 5.70. The van der Waals surface area contributed by atoms with Crippen LogP contribution in [0.4, 0.5) is 0 Å². The van der Waals surface area contributed by atoms with E-state index >= 15 is 0 Å². The highest BCUT2D eigenvalue weighted by molar-refractivity contribution is 7.17. The minimum atomic E-state index is -0.304. The number of hydrogen-bond acceptors (Lipinski definition) is 5. The van der Waals surface area contributed by atoms with Crippen LogP contribution in [0.1, 0.15) is 0 Å². The van der Waals surface area contributed by atoms with Gasteiger partial charge in [0.15, 0.2) is 0 Å². The van der Waals surface area contributed by atoms with E-state index in [4.69, 9.17) is 9.47 Å². The predicted molar refractivity (Wildman–Crippen MR) is 134 cm³/mol. The number of aromatic amines is 1. The van der Waals surface area contributed by atoms with Crippen molar-refractivity contribution in [3.8, 4) is 50.6 Å². The van der Waals surface area contributed by atoms with Crippen molar-refractivity contribution in [1.29, 1.82) is 0 Å². The van der Waals surface area contributed by atoms with Gasteiger partial charge >= 0.3 is 0 Å². The molecule has 2 aromatic heterocycles. The van der Waals surface area contributed by atoms with Crippen molar-refractivity contribution in [3.05, 3.63) is 88.5 Å². The molecule has 0 aliphatic carbocycles. The quantitative estimate of drug-likeness (QED) is 0.326. The van der Waals surface area contributed by atoms with Crippen LogP contribution < -0.4 is 15.0 Å². The average molecular weight is 456 g/mol. The monoisotopic (exact) mass is 455 g/mol. The zero-order valence-corrected chi connectivity index (χ0v) is 18.9. The number of thiophene rings is 1. The molecule has 0 saturated carbocycles. The van der Waals surface area contributed by atoms with Crippen LogP contribution in [0.2, 0.25) is 0 Å². The lowest BCUT2D eigenvalue weighted by atomic mass is 9.98. The number of rotatable bonds is 5. The standard InChI is InChI=1S/C27H21NO4S/c1-31-19-12-13-20(22(14-19)32-2)16-8-10-17(11-9-16)21-15-33-27-24(21)25(29)23(26(30)28-27)18-6-4-3-5-7-18/h3-15H,1-2H3,(H2,28,29,30). The molecule has 2 heterocycles. The van der Waals surface area contributed by atoms with Crippen molar-refractivity contribution in [1.82, 2.24) is 4.98 Å². The number of methoxy groups -OCH3 is 2. The Morgan fingerprint density at radius 2 is 1.52 bits per heavy atom. The summed E-state index contributed by atoms with van der Waals surface area (Å²) in [6.07, 6.45) is 0. The molecule has 0 radical (unpaired) electrons. The van der Waals surface area contributed by atoms with Gasteiger partial charge in [0.25, 0.3) is 5.56 Å². The fraction of sp³-hybridized carbons (Fsp3) is 0.0741. The van der Waals surface area contributed by atoms with Crippen molar-refractivity contribution in [3.63, 3.8) is 0 Å². The van der Waals surface area contributed by atoms with Gasteiger partial charge in [0, 0.05) is 22.6 Å². The molecule has 0 atom stereocenters. The topological polar surface area (TPSA) is 71.6 Å². The summed E-state index contributed by atoms with van der Waals surface area (Å²) in [4.78, 5) is 16.3. The molecule has 0 aliphatic heterocycles. The molecule has 6 heteroatoms. The van der Waals surface area contributed by atoms with Crippen LogP contribution in [0.15, 0.2) is 83.0 Å². The van der Waals surface area contributed by atoms with Gasteiger partial charge in [-0.05, 0) is 28.8 Å². The van der Waals surface area contributed by atoms with Gasteiger partial charge in [-0.15, -0.1) is 11.3 Å². The van der Waals surface area contributed by atoms with E-state index in [0.29, 0.717) is 15.8 Å². The highest BCUT2D eigenvalue weighted by Gasteiger charge is 2.19. The third-order valence-corrected chi connectivity index (χ3v) is 6.59. The summed E-state index contributed by atoms with van der Waals surface area (Å²) in [5.74, 6) is 1.46. The molecule has 5 rings (SSSR count). The van der Waals surface area contributed by atoms with Gasteiger partial charge in [0.1, 0.15) is 22.1 Å². The van der Waals surface area contributed by atoms with Gasteiger partial charge in [0.2, 0.25) is 0 Å². The number of aromatic nitrogens is 1. The molecule has 0 bridgehead atoms. The van der Waals surface area contributed by atoms with Gasteiger partial charge in [0.05, 0.1) is 25.2 Å². The van der Waals surface area contributed by atoms with E-state index in [9.17, 15) is 9.90 Å². The number of nitrogens with one attached hydrogen (secondary N) is 1. The Bertz CT molecular complexity index is 1500. The second-order valence-electron chi connectivity index (χ2n) is 7.54. The van der Waals surface area contributed by atoms with Gasteiger partial charge in [-0.3, -0.25) is 4.79 Å². The molecular formula is C27H21NO4S. The van der Waals surface area contributed by atoms with Gasteiger partial charge in [-0.1, -0.05) is 54.6 Å². The SMILES string of the molecule is COc1ccc(-c2ccc(-c3csc4[nH]c(=O)c(-c5ccccc5)c(O)c34)cc2)c(OC)c1. The average Bonchev–Trinajstić information content (AvgIpc) is 3.28. The van der Waals surface area contributed by atoms with E-state index in [1.165, 1.54) is 11.3 Å². The Morgan fingerprint density at radius 1 is 0.818 bits per heavy atom. The van der Waals surface area contributed by atoms with Crippen molar-refractivity contribution in [2.45, 2.75) is 0 Å². The minimum absolute atomic E-state index is 0.00269. The maximum Gasteiger partial charge on any atom is 0.260 e.